The number of hydrogen-bond donors (Lipinski definition) is 1. The van der Waals surface area contributed by atoms with E-state index in [1.165, 1.54) is 18.1 Å². The molecule has 1 aromatic rings. The molecule has 1 N–H and O–H groups in total. The molecule has 1 atom stereocenters. The van der Waals surface area contributed by atoms with Gasteiger partial charge in [-0.15, -0.1) is 13.2 Å². The number of halogens is 5. The van der Waals surface area contributed by atoms with Gasteiger partial charge in [-0.1, -0.05) is 6.07 Å². The van der Waals surface area contributed by atoms with Crippen LogP contribution in [-0.4, -0.2) is 49.8 Å². The van der Waals surface area contributed by atoms with Crippen LogP contribution < -0.4 is 14.8 Å². The lowest BCUT2D eigenvalue weighted by molar-refractivity contribution is -0.274. The van der Waals surface area contributed by atoms with E-state index in [2.05, 4.69) is 10.1 Å². The average Bonchev–Trinajstić information content (AvgIpc) is 2.56. The van der Waals surface area contributed by atoms with E-state index in [1.54, 1.807) is 0 Å². The van der Waals surface area contributed by atoms with Crippen LogP contribution >= 0.6 is 0 Å². The molecule has 2 aliphatic heterocycles. The number of piperidine rings is 2. The summed E-state index contributed by atoms with van der Waals surface area (Å²) in [6.45, 7) is 0.102. The summed E-state index contributed by atoms with van der Waals surface area (Å²) in [5.74, 6) is -3.78. The first-order valence-corrected chi connectivity index (χ1v) is 8.83. The number of nitrogens with zero attached hydrogens (tertiary/aromatic N) is 1. The van der Waals surface area contributed by atoms with Crippen LogP contribution in [0.15, 0.2) is 18.2 Å². The van der Waals surface area contributed by atoms with Gasteiger partial charge in [-0.3, -0.25) is 9.69 Å². The zero-order chi connectivity index (χ0) is 20.6. The van der Waals surface area contributed by atoms with Crippen LogP contribution in [0.3, 0.4) is 0 Å². The summed E-state index contributed by atoms with van der Waals surface area (Å²) >= 11 is 0. The maximum atomic E-state index is 14.4. The smallest absolute Gasteiger partial charge is 0.496 e. The Bertz CT molecular complexity index is 740. The maximum absolute atomic E-state index is 14.4. The van der Waals surface area contributed by atoms with Crippen molar-refractivity contribution in [2.45, 2.75) is 38.1 Å². The fourth-order valence-electron chi connectivity index (χ4n) is 4.07. The van der Waals surface area contributed by atoms with Gasteiger partial charge in [0.05, 0.1) is 19.1 Å². The Balaban J connectivity index is 1.81. The van der Waals surface area contributed by atoms with Gasteiger partial charge >= 0.3 is 6.36 Å². The molecule has 3 rings (SSSR count). The predicted molar refractivity (Wildman–Crippen MR) is 89.2 cm³/mol. The summed E-state index contributed by atoms with van der Waals surface area (Å²) in [5, 5.41) is 2.67. The van der Waals surface area contributed by atoms with Crippen molar-refractivity contribution in [1.29, 1.82) is 0 Å². The highest BCUT2D eigenvalue weighted by atomic mass is 19.4. The number of likely N-dealkylation sites (tertiary alicyclic amines) is 1. The molecule has 0 aliphatic carbocycles. The topological polar surface area (TPSA) is 50.8 Å². The molecule has 2 fully saturated rings. The third-order valence-corrected chi connectivity index (χ3v) is 5.06. The number of benzene rings is 1. The van der Waals surface area contributed by atoms with Crippen molar-refractivity contribution >= 4 is 5.91 Å². The van der Waals surface area contributed by atoms with Crippen LogP contribution in [-0.2, 0) is 11.3 Å². The predicted octanol–water partition coefficient (Wildman–Crippen LogP) is 3.33. The molecule has 0 saturated carbocycles. The van der Waals surface area contributed by atoms with Gasteiger partial charge in [0.2, 0.25) is 5.91 Å². The average molecular weight is 408 g/mol. The second kappa shape index (κ2) is 7.38. The molecule has 2 aliphatic rings. The van der Waals surface area contributed by atoms with Crippen molar-refractivity contribution in [3.63, 3.8) is 0 Å². The van der Waals surface area contributed by atoms with E-state index < -0.39 is 36.4 Å². The highest BCUT2D eigenvalue weighted by Crippen LogP contribution is 2.44. The molecular weight excluding hydrogens is 387 g/mol. The van der Waals surface area contributed by atoms with Gasteiger partial charge in [0.1, 0.15) is 11.5 Å². The zero-order valence-corrected chi connectivity index (χ0v) is 15.2. The first kappa shape index (κ1) is 20.6. The van der Waals surface area contributed by atoms with Crippen LogP contribution in [0.5, 0.6) is 11.5 Å². The number of carbonyl (C=O) groups is 1. The lowest BCUT2D eigenvalue weighted by Gasteiger charge is -2.46. The molecular formula is C18H21F5N2O3. The van der Waals surface area contributed by atoms with Crippen LogP contribution in [0, 0.1) is 5.41 Å². The zero-order valence-electron chi connectivity index (χ0n) is 15.2. The summed E-state index contributed by atoms with van der Waals surface area (Å²) in [6.07, 6.45) is -4.34. The van der Waals surface area contributed by atoms with Gasteiger partial charge in [-0.25, -0.2) is 8.78 Å². The molecule has 10 heteroatoms. The molecule has 5 nitrogen and oxygen atoms in total. The fourth-order valence-corrected chi connectivity index (χ4v) is 4.07. The van der Waals surface area contributed by atoms with Crippen molar-refractivity contribution in [2.75, 3.05) is 26.7 Å². The normalized spacial score (nSPS) is 25.4. The SMILES string of the molecule is COc1cc(OC(F)(F)F)ccc1CN1CC(F)(F)CC2(CCCNC2=O)C1. The van der Waals surface area contributed by atoms with Gasteiger partial charge in [0.25, 0.3) is 5.92 Å². The number of hydrogen-bond acceptors (Lipinski definition) is 4. The Morgan fingerprint density at radius 3 is 2.64 bits per heavy atom. The Morgan fingerprint density at radius 2 is 2.00 bits per heavy atom. The van der Waals surface area contributed by atoms with E-state index in [-0.39, 0.29) is 24.7 Å². The number of amides is 1. The molecule has 1 amide bonds. The number of alkyl halides is 5. The number of ether oxygens (including phenoxy) is 2. The fraction of sp³-hybridized carbons (Fsp3) is 0.611. The van der Waals surface area contributed by atoms with Crippen LogP contribution in [0.4, 0.5) is 22.0 Å². The van der Waals surface area contributed by atoms with Gasteiger partial charge in [-0.2, -0.15) is 0 Å². The molecule has 0 bridgehead atoms. The van der Waals surface area contributed by atoms with Crippen LogP contribution in [0.1, 0.15) is 24.8 Å². The largest absolute Gasteiger partial charge is 0.573 e. The lowest BCUT2D eigenvalue weighted by atomic mass is 9.72. The summed E-state index contributed by atoms with van der Waals surface area (Å²) < 4.78 is 74.9. The van der Waals surface area contributed by atoms with Gasteiger partial charge in [0.15, 0.2) is 0 Å². The van der Waals surface area contributed by atoms with Crippen molar-refractivity contribution in [1.82, 2.24) is 10.2 Å². The second-order valence-corrected chi connectivity index (χ2v) is 7.34. The number of nitrogens with one attached hydrogen (secondary N) is 1. The monoisotopic (exact) mass is 408 g/mol. The van der Waals surface area contributed by atoms with Gasteiger partial charge < -0.3 is 14.8 Å². The number of carbonyl (C=O) groups excluding carboxylic acids is 1. The van der Waals surface area contributed by atoms with E-state index in [1.807, 2.05) is 0 Å². The molecule has 0 radical (unpaired) electrons. The molecule has 2 saturated heterocycles. The highest BCUT2D eigenvalue weighted by Gasteiger charge is 2.53. The quantitative estimate of drug-likeness (QED) is 0.777. The summed E-state index contributed by atoms with van der Waals surface area (Å²) in [7, 11) is 1.27. The van der Waals surface area contributed by atoms with Crippen molar-refractivity contribution in [3.05, 3.63) is 23.8 Å². The molecule has 1 aromatic carbocycles. The number of methoxy groups -OCH3 is 1. The minimum Gasteiger partial charge on any atom is -0.496 e. The van der Waals surface area contributed by atoms with E-state index in [0.717, 1.165) is 12.1 Å². The molecule has 28 heavy (non-hydrogen) atoms. The second-order valence-electron chi connectivity index (χ2n) is 7.34. The van der Waals surface area contributed by atoms with Crippen molar-refractivity contribution < 1.29 is 36.2 Å². The Kier molecular flexibility index (Phi) is 5.44. The van der Waals surface area contributed by atoms with Gasteiger partial charge in [0, 0.05) is 37.7 Å². The molecule has 156 valence electrons. The molecule has 1 spiro atoms. The van der Waals surface area contributed by atoms with Crippen molar-refractivity contribution in [3.8, 4) is 11.5 Å². The molecule has 1 unspecified atom stereocenters. The molecule has 2 heterocycles. The van der Waals surface area contributed by atoms with Gasteiger partial charge in [-0.05, 0) is 18.9 Å². The van der Waals surface area contributed by atoms with E-state index in [4.69, 9.17) is 4.74 Å². The summed E-state index contributed by atoms with van der Waals surface area (Å²) in [5.41, 5.74) is -0.729. The van der Waals surface area contributed by atoms with Crippen LogP contribution in [0.25, 0.3) is 0 Å². The number of rotatable bonds is 4. The van der Waals surface area contributed by atoms with Crippen molar-refractivity contribution in [2.24, 2.45) is 5.41 Å². The highest BCUT2D eigenvalue weighted by molar-refractivity contribution is 5.83. The third kappa shape index (κ3) is 4.65. The van der Waals surface area contributed by atoms with E-state index >= 15 is 0 Å². The maximum Gasteiger partial charge on any atom is 0.573 e. The summed E-state index contributed by atoms with van der Waals surface area (Å²) in [6, 6.07) is 3.52. The first-order valence-electron chi connectivity index (χ1n) is 8.83. The minimum atomic E-state index is -4.85. The first-order chi connectivity index (χ1) is 13.0. The molecule has 0 aromatic heterocycles. The lowest BCUT2D eigenvalue weighted by Crippen LogP contribution is -2.59. The Morgan fingerprint density at radius 1 is 1.25 bits per heavy atom. The Hall–Kier alpha value is -2.10. The standard InChI is InChI=1S/C18H21F5N2O3/c1-27-14-7-13(28-18(21,22)23)4-3-12(14)8-25-10-16(9-17(19,20)11-25)5-2-6-24-15(16)26/h3-4,7H,2,5-6,8-11H2,1H3,(H,24,26). The van der Waals surface area contributed by atoms with Crippen LogP contribution in [0.2, 0.25) is 0 Å². The Labute approximate surface area is 158 Å². The van der Waals surface area contributed by atoms with E-state index in [0.29, 0.717) is 24.9 Å². The third-order valence-electron chi connectivity index (χ3n) is 5.06. The summed E-state index contributed by atoms with van der Waals surface area (Å²) in [4.78, 5) is 13.8. The van der Waals surface area contributed by atoms with E-state index in [9.17, 15) is 26.7 Å². The minimum absolute atomic E-state index is 0.0140.